The van der Waals surface area contributed by atoms with Crippen LogP contribution in [0.15, 0.2) is 23.1 Å². The van der Waals surface area contributed by atoms with Crippen molar-refractivity contribution >= 4 is 26.5 Å². The van der Waals surface area contributed by atoms with Gasteiger partial charge in [0.25, 0.3) is 10.0 Å². The van der Waals surface area contributed by atoms with E-state index >= 15 is 0 Å². The summed E-state index contributed by atoms with van der Waals surface area (Å²) in [7, 11) is -3.65. The topological polar surface area (TPSA) is 124 Å². The second-order valence-corrected chi connectivity index (χ2v) is 6.85. The third kappa shape index (κ3) is 2.93. The molecule has 0 aliphatic heterocycles. The fourth-order valence-corrected chi connectivity index (χ4v) is 3.24. The molecule has 0 radical (unpaired) electrons. The highest BCUT2D eigenvalue weighted by molar-refractivity contribution is 7.96. The zero-order valence-electron chi connectivity index (χ0n) is 9.62. The number of allylic oxidation sites excluding steroid dienone is 1. The summed E-state index contributed by atoms with van der Waals surface area (Å²) in [5, 5.41) is 8.35. The SMILES string of the molecule is Cc1nnc(NS(=O)(=O)C2=CCC(N)(N)C=C2)s1. The van der Waals surface area contributed by atoms with Gasteiger partial charge in [-0.1, -0.05) is 17.4 Å². The van der Waals surface area contributed by atoms with Crippen LogP contribution in [0.25, 0.3) is 0 Å². The summed E-state index contributed by atoms with van der Waals surface area (Å²) >= 11 is 1.17. The highest BCUT2D eigenvalue weighted by Crippen LogP contribution is 2.22. The Hall–Kier alpha value is -1.29. The second-order valence-electron chi connectivity index (χ2n) is 3.99. The summed E-state index contributed by atoms with van der Waals surface area (Å²) < 4.78 is 26.4. The van der Waals surface area contributed by atoms with Crippen LogP contribution < -0.4 is 16.2 Å². The van der Waals surface area contributed by atoms with E-state index in [1.54, 1.807) is 6.92 Å². The standard InChI is InChI=1S/C9H13N5O2S2/c1-6-12-13-8(17-6)14-18(15,16)7-2-4-9(10,11)5-3-7/h2-4H,5,10-11H2,1H3,(H,13,14). The Morgan fingerprint density at radius 2 is 2.17 bits per heavy atom. The molecular weight excluding hydrogens is 274 g/mol. The monoisotopic (exact) mass is 287 g/mol. The van der Waals surface area contributed by atoms with E-state index in [1.807, 2.05) is 0 Å². The molecule has 1 aliphatic carbocycles. The molecule has 0 atom stereocenters. The van der Waals surface area contributed by atoms with Crippen LogP contribution >= 0.6 is 11.3 Å². The van der Waals surface area contributed by atoms with Crippen LogP contribution in [0.4, 0.5) is 5.13 Å². The van der Waals surface area contributed by atoms with Gasteiger partial charge >= 0.3 is 0 Å². The molecule has 0 fully saturated rings. The maximum Gasteiger partial charge on any atom is 0.263 e. The quantitative estimate of drug-likeness (QED) is 0.674. The summed E-state index contributed by atoms with van der Waals surface area (Å²) in [5.74, 6) is 0. The van der Waals surface area contributed by atoms with E-state index in [4.69, 9.17) is 11.5 Å². The Balaban J connectivity index is 2.18. The molecule has 98 valence electrons. The third-order valence-corrected chi connectivity index (χ3v) is 4.54. The minimum absolute atomic E-state index is 0.127. The van der Waals surface area contributed by atoms with E-state index in [1.165, 1.54) is 29.6 Å². The van der Waals surface area contributed by atoms with Gasteiger partial charge in [0, 0.05) is 6.42 Å². The number of nitrogens with one attached hydrogen (secondary N) is 1. The molecule has 1 aromatic heterocycles. The minimum atomic E-state index is -3.65. The first-order valence-corrected chi connectivity index (χ1v) is 7.39. The van der Waals surface area contributed by atoms with Gasteiger partial charge in [-0.05, 0) is 19.1 Å². The van der Waals surface area contributed by atoms with E-state index in [0.717, 1.165) is 0 Å². The molecule has 0 spiro atoms. The van der Waals surface area contributed by atoms with E-state index in [0.29, 0.717) is 5.01 Å². The molecule has 9 heteroatoms. The maximum atomic E-state index is 12.0. The lowest BCUT2D eigenvalue weighted by molar-refractivity contribution is 0.555. The van der Waals surface area contributed by atoms with Crippen LogP contribution in [0.3, 0.4) is 0 Å². The maximum absolute atomic E-state index is 12.0. The van der Waals surface area contributed by atoms with Gasteiger partial charge in [-0.25, -0.2) is 8.42 Å². The first kappa shape index (κ1) is 13.1. The van der Waals surface area contributed by atoms with Crippen LogP contribution in [0.1, 0.15) is 11.4 Å². The highest BCUT2D eigenvalue weighted by Gasteiger charge is 2.24. The van der Waals surface area contributed by atoms with Crippen molar-refractivity contribution in [2.45, 2.75) is 19.0 Å². The van der Waals surface area contributed by atoms with Gasteiger partial charge in [0.2, 0.25) is 5.13 Å². The Kier molecular flexibility index (Phi) is 3.23. The lowest BCUT2D eigenvalue weighted by Crippen LogP contribution is -2.47. The molecule has 18 heavy (non-hydrogen) atoms. The number of nitrogens with zero attached hydrogens (tertiary/aromatic N) is 2. The molecule has 5 N–H and O–H groups in total. The molecular formula is C9H13N5O2S2. The molecule has 1 aromatic rings. The number of sulfonamides is 1. The molecule has 1 aliphatic rings. The molecule has 7 nitrogen and oxygen atoms in total. The van der Waals surface area contributed by atoms with E-state index in [2.05, 4.69) is 14.9 Å². The molecule has 0 unspecified atom stereocenters. The largest absolute Gasteiger partial charge is 0.310 e. The Bertz CT molecular complexity index is 615. The number of rotatable bonds is 3. The Labute approximate surface area is 109 Å². The zero-order valence-corrected chi connectivity index (χ0v) is 11.3. The average molecular weight is 287 g/mol. The highest BCUT2D eigenvalue weighted by atomic mass is 32.2. The van der Waals surface area contributed by atoms with Crippen molar-refractivity contribution < 1.29 is 8.42 Å². The molecule has 0 amide bonds. The van der Waals surface area contributed by atoms with E-state index in [9.17, 15) is 8.42 Å². The van der Waals surface area contributed by atoms with Crippen molar-refractivity contribution in [2.75, 3.05) is 4.72 Å². The summed E-state index contributed by atoms with van der Waals surface area (Å²) in [6.07, 6.45) is 4.59. The molecule has 0 bridgehead atoms. The van der Waals surface area contributed by atoms with Crippen molar-refractivity contribution in [3.05, 3.63) is 28.1 Å². The average Bonchev–Trinajstić information content (AvgIpc) is 2.62. The van der Waals surface area contributed by atoms with Crippen LogP contribution in [0, 0.1) is 6.92 Å². The lowest BCUT2D eigenvalue weighted by Gasteiger charge is -2.22. The summed E-state index contributed by atoms with van der Waals surface area (Å²) in [5.41, 5.74) is 10.3. The van der Waals surface area contributed by atoms with Crippen molar-refractivity contribution in [1.82, 2.24) is 10.2 Å². The molecule has 0 aromatic carbocycles. The summed E-state index contributed by atoms with van der Waals surface area (Å²) in [4.78, 5) is 0.127. The van der Waals surface area contributed by atoms with Crippen LogP contribution in [0.5, 0.6) is 0 Å². The Morgan fingerprint density at radius 3 is 2.67 bits per heavy atom. The normalized spacial score (nSPS) is 18.5. The fraction of sp³-hybridized carbons (Fsp3) is 0.333. The lowest BCUT2D eigenvalue weighted by atomic mass is 10.0. The number of anilines is 1. The predicted molar refractivity (Wildman–Crippen MR) is 70.1 cm³/mol. The molecule has 0 saturated carbocycles. The number of hydrogen-bond donors (Lipinski definition) is 3. The van der Waals surface area contributed by atoms with Gasteiger partial charge in [0.05, 0.1) is 10.6 Å². The van der Waals surface area contributed by atoms with Crippen LogP contribution in [-0.4, -0.2) is 24.3 Å². The first-order valence-electron chi connectivity index (χ1n) is 5.09. The van der Waals surface area contributed by atoms with Crippen LogP contribution in [-0.2, 0) is 10.0 Å². The summed E-state index contributed by atoms with van der Waals surface area (Å²) in [6, 6.07) is 0. The zero-order chi connectivity index (χ0) is 13.4. The molecule has 0 saturated heterocycles. The van der Waals surface area contributed by atoms with Gasteiger partial charge in [0.15, 0.2) is 0 Å². The first-order chi connectivity index (χ1) is 8.28. The fourth-order valence-electron chi connectivity index (χ4n) is 1.36. The predicted octanol–water partition coefficient (Wildman–Crippen LogP) is 0.0457. The van der Waals surface area contributed by atoms with Gasteiger partial charge in [-0.15, -0.1) is 10.2 Å². The third-order valence-electron chi connectivity index (χ3n) is 2.27. The number of aromatic nitrogens is 2. The number of aryl methyl sites for hydroxylation is 1. The Morgan fingerprint density at radius 1 is 1.44 bits per heavy atom. The second kappa shape index (κ2) is 4.43. The van der Waals surface area contributed by atoms with Crippen molar-refractivity contribution in [1.29, 1.82) is 0 Å². The van der Waals surface area contributed by atoms with Crippen molar-refractivity contribution in [3.63, 3.8) is 0 Å². The van der Waals surface area contributed by atoms with Crippen molar-refractivity contribution in [2.24, 2.45) is 11.5 Å². The van der Waals surface area contributed by atoms with Gasteiger partial charge in [-0.2, -0.15) is 0 Å². The van der Waals surface area contributed by atoms with Gasteiger partial charge in [-0.3, -0.25) is 4.72 Å². The van der Waals surface area contributed by atoms with Gasteiger partial charge in [0.1, 0.15) is 5.01 Å². The minimum Gasteiger partial charge on any atom is -0.310 e. The van der Waals surface area contributed by atoms with Crippen LogP contribution in [0.2, 0.25) is 0 Å². The molecule has 1 heterocycles. The summed E-state index contributed by atoms with van der Waals surface area (Å²) in [6.45, 7) is 1.74. The smallest absolute Gasteiger partial charge is 0.263 e. The van der Waals surface area contributed by atoms with Crippen molar-refractivity contribution in [3.8, 4) is 0 Å². The van der Waals surface area contributed by atoms with Gasteiger partial charge < -0.3 is 11.5 Å². The number of hydrogen-bond acceptors (Lipinski definition) is 7. The van der Waals surface area contributed by atoms with E-state index < -0.39 is 15.7 Å². The number of nitrogens with two attached hydrogens (primary N) is 2. The van der Waals surface area contributed by atoms with E-state index in [-0.39, 0.29) is 16.5 Å². The molecule has 2 rings (SSSR count).